The first kappa shape index (κ1) is 12.9. The number of benzene rings is 1. The predicted octanol–water partition coefficient (Wildman–Crippen LogP) is 1.84. The first-order chi connectivity index (χ1) is 8.74. The van der Waals surface area contributed by atoms with Crippen molar-refractivity contribution in [3.8, 4) is 0 Å². The lowest BCUT2D eigenvalue weighted by molar-refractivity contribution is 0.0775. The van der Waals surface area contributed by atoms with Gasteiger partial charge in [-0.25, -0.2) is 0 Å². The van der Waals surface area contributed by atoms with Crippen LogP contribution in [0.5, 0.6) is 0 Å². The van der Waals surface area contributed by atoms with Gasteiger partial charge in [-0.2, -0.15) is 0 Å². The van der Waals surface area contributed by atoms with E-state index < -0.39 is 0 Å². The SMILES string of the molecule is CNc1ccc(C(=O)N2CCC(COC)C2)cc1. The van der Waals surface area contributed by atoms with E-state index in [2.05, 4.69) is 5.32 Å². The smallest absolute Gasteiger partial charge is 0.253 e. The van der Waals surface area contributed by atoms with Crippen molar-refractivity contribution >= 4 is 11.6 Å². The standard InChI is InChI=1S/C14H20N2O2/c1-15-13-5-3-12(4-6-13)14(17)16-8-7-11(9-16)10-18-2/h3-6,11,15H,7-10H2,1-2H3. The van der Waals surface area contributed by atoms with E-state index in [4.69, 9.17) is 4.74 Å². The predicted molar refractivity (Wildman–Crippen MR) is 71.9 cm³/mol. The van der Waals surface area contributed by atoms with E-state index in [9.17, 15) is 4.79 Å². The van der Waals surface area contributed by atoms with Crippen LogP contribution in [0.15, 0.2) is 24.3 Å². The fraction of sp³-hybridized carbons (Fsp3) is 0.500. The van der Waals surface area contributed by atoms with Gasteiger partial charge < -0.3 is 15.0 Å². The molecule has 18 heavy (non-hydrogen) atoms. The number of ether oxygens (including phenoxy) is 1. The van der Waals surface area contributed by atoms with Gasteiger partial charge in [0.15, 0.2) is 0 Å². The Balaban J connectivity index is 1.98. The zero-order valence-corrected chi connectivity index (χ0v) is 11.0. The number of methoxy groups -OCH3 is 1. The van der Waals surface area contributed by atoms with Gasteiger partial charge in [-0.05, 0) is 30.7 Å². The number of nitrogens with zero attached hydrogens (tertiary/aromatic N) is 1. The fourth-order valence-electron chi connectivity index (χ4n) is 2.35. The molecule has 0 spiro atoms. The van der Waals surface area contributed by atoms with Crippen LogP contribution in [-0.4, -0.2) is 44.7 Å². The maximum absolute atomic E-state index is 12.3. The fourth-order valence-corrected chi connectivity index (χ4v) is 2.35. The Morgan fingerprint density at radius 1 is 1.44 bits per heavy atom. The molecule has 0 bridgehead atoms. The molecule has 1 N–H and O–H groups in total. The Hall–Kier alpha value is -1.55. The van der Waals surface area contributed by atoms with Gasteiger partial charge in [0.2, 0.25) is 0 Å². The highest BCUT2D eigenvalue weighted by Crippen LogP contribution is 2.19. The Labute approximate surface area is 108 Å². The van der Waals surface area contributed by atoms with Gasteiger partial charge >= 0.3 is 0 Å². The average Bonchev–Trinajstić information content (AvgIpc) is 2.87. The first-order valence-corrected chi connectivity index (χ1v) is 6.30. The minimum atomic E-state index is 0.122. The molecule has 2 rings (SSSR count). The van der Waals surface area contributed by atoms with Crippen LogP contribution in [-0.2, 0) is 4.74 Å². The maximum Gasteiger partial charge on any atom is 0.253 e. The Bertz CT molecular complexity index is 403. The van der Waals surface area contributed by atoms with Crippen molar-refractivity contribution < 1.29 is 9.53 Å². The topological polar surface area (TPSA) is 41.6 Å². The molecular formula is C14H20N2O2. The highest BCUT2D eigenvalue weighted by Gasteiger charge is 2.26. The average molecular weight is 248 g/mol. The van der Waals surface area contributed by atoms with Gasteiger partial charge in [-0.1, -0.05) is 0 Å². The van der Waals surface area contributed by atoms with Crippen LogP contribution in [0.3, 0.4) is 0 Å². The minimum absolute atomic E-state index is 0.122. The summed E-state index contributed by atoms with van der Waals surface area (Å²) in [4.78, 5) is 14.2. The number of hydrogen-bond acceptors (Lipinski definition) is 3. The van der Waals surface area contributed by atoms with Crippen molar-refractivity contribution in [3.63, 3.8) is 0 Å². The highest BCUT2D eigenvalue weighted by molar-refractivity contribution is 5.94. The van der Waals surface area contributed by atoms with Crippen LogP contribution in [0.4, 0.5) is 5.69 Å². The summed E-state index contributed by atoms with van der Waals surface area (Å²) in [5.41, 5.74) is 1.78. The molecule has 98 valence electrons. The normalized spacial score (nSPS) is 19.0. The van der Waals surface area contributed by atoms with Crippen LogP contribution in [0.25, 0.3) is 0 Å². The quantitative estimate of drug-likeness (QED) is 0.884. The van der Waals surface area contributed by atoms with Crippen LogP contribution in [0.1, 0.15) is 16.8 Å². The molecule has 0 aliphatic carbocycles. The van der Waals surface area contributed by atoms with Gasteiger partial charge in [-0.15, -0.1) is 0 Å². The molecule has 1 fully saturated rings. The molecule has 0 saturated carbocycles. The molecule has 0 aromatic heterocycles. The number of carbonyl (C=O) groups is 1. The van der Waals surface area contributed by atoms with E-state index >= 15 is 0 Å². The second-order valence-corrected chi connectivity index (χ2v) is 4.69. The molecule has 1 aromatic rings. The molecule has 1 aromatic carbocycles. The summed E-state index contributed by atoms with van der Waals surface area (Å²) >= 11 is 0. The number of carbonyl (C=O) groups excluding carboxylic acids is 1. The highest BCUT2D eigenvalue weighted by atomic mass is 16.5. The molecule has 1 saturated heterocycles. The number of likely N-dealkylation sites (tertiary alicyclic amines) is 1. The minimum Gasteiger partial charge on any atom is -0.388 e. The molecule has 1 amide bonds. The third-order valence-electron chi connectivity index (χ3n) is 3.40. The second-order valence-electron chi connectivity index (χ2n) is 4.69. The molecule has 1 atom stereocenters. The first-order valence-electron chi connectivity index (χ1n) is 6.30. The van der Waals surface area contributed by atoms with Crippen LogP contribution < -0.4 is 5.32 Å². The molecular weight excluding hydrogens is 228 g/mol. The van der Waals surface area contributed by atoms with Gasteiger partial charge in [0.05, 0.1) is 6.61 Å². The van der Waals surface area contributed by atoms with Gasteiger partial charge in [-0.3, -0.25) is 4.79 Å². The van der Waals surface area contributed by atoms with Crippen molar-refractivity contribution in [1.82, 2.24) is 4.90 Å². The van der Waals surface area contributed by atoms with E-state index in [1.165, 1.54) is 0 Å². The van der Waals surface area contributed by atoms with E-state index in [0.29, 0.717) is 5.92 Å². The summed E-state index contributed by atoms with van der Waals surface area (Å²) in [5, 5.41) is 3.05. The molecule has 1 aliphatic heterocycles. The summed E-state index contributed by atoms with van der Waals surface area (Å²) in [6.07, 6.45) is 1.04. The van der Waals surface area contributed by atoms with Crippen LogP contribution in [0, 0.1) is 5.92 Å². The molecule has 0 radical (unpaired) electrons. The van der Waals surface area contributed by atoms with Crippen molar-refractivity contribution in [3.05, 3.63) is 29.8 Å². The van der Waals surface area contributed by atoms with E-state index in [0.717, 1.165) is 37.4 Å². The maximum atomic E-state index is 12.3. The number of anilines is 1. The number of amides is 1. The second kappa shape index (κ2) is 5.87. The van der Waals surface area contributed by atoms with E-state index in [1.54, 1.807) is 7.11 Å². The largest absolute Gasteiger partial charge is 0.388 e. The van der Waals surface area contributed by atoms with Crippen LogP contribution >= 0.6 is 0 Å². The lowest BCUT2D eigenvalue weighted by atomic mass is 10.1. The zero-order chi connectivity index (χ0) is 13.0. The molecule has 1 unspecified atom stereocenters. The van der Waals surface area contributed by atoms with Crippen molar-refractivity contribution in [2.24, 2.45) is 5.92 Å². The summed E-state index contributed by atoms with van der Waals surface area (Å²) < 4.78 is 5.14. The van der Waals surface area contributed by atoms with Gasteiger partial charge in [0, 0.05) is 44.4 Å². The molecule has 4 nitrogen and oxygen atoms in total. The molecule has 1 aliphatic rings. The van der Waals surface area contributed by atoms with Crippen molar-refractivity contribution in [1.29, 1.82) is 0 Å². The van der Waals surface area contributed by atoms with Crippen LogP contribution in [0.2, 0.25) is 0 Å². The Morgan fingerprint density at radius 3 is 2.78 bits per heavy atom. The van der Waals surface area contributed by atoms with Gasteiger partial charge in [0.1, 0.15) is 0 Å². The van der Waals surface area contributed by atoms with E-state index in [-0.39, 0.29) is 5.91 Å². The zero-order valence-electron chi connectivity index (χ0n) is 11.0. The summed E-state index contributed by atoms with van der Waals surface area (Å²) in [5.74, 6) is 0.604. The third-order valence-corrected chi connectivity index (χ3v) is 3.40. The summed E-state index contributed by atoms with van der Waals surface area (Å²) in [6, 6.07) is 7.60. The number of rotatable bonds is 4. The lowest BCUT2D eigenvalue weighted by Crippen LogP contribution is -2.29. The van der Waals surface area contributed by atoms with Crippen molar-refractivity contribution in [2.45, 2.75) is 6.42 Å². The Morgan fingerprint density at radius 2 is 2.17 bits per heavy atom. The summed E-state index contributed by atoms with van der Waals surface area (Å²) in [7, 11) is 3.58. The number of nitrogens with one attached hydrogen (secondary N) is 1. The summed E-state index contributed by atoms with van der Waals surface area (Å²) in [6.45, 7) is 2.38. The lowest BCUT2D eigenvalue weighted by Gasteiger charge is -2.16. The molecule has 4 heteroatoms. The third kappa shape index (κ3) is 2.82. The van der Waals surface area contributed by atoms with Crippen molar-refractivity contribution in [2.75, 3.05) is 39.2 Å². The number of hydrogen-bond donors (Lipinski definition) is 1. The Kier molecular flexibility index (Phi) is 4.20. The van der Waals surface area contributed by atoms with Gasteiger partial charge in [0.25, 0.3) is 5.91 Å². The monoisotopic (exact) mass is 248 g/mol. The molecule has 1 heterocycles. The van der Waals surface area contributed by atoms with E-state index in [1.807, 2.05) is 36.2 Å².